The van der Waals surface area contributed by atoms with E-state index in [1.54, 1.807) is 37.0 Å². The molecule has 1 amide bonds. The first-order valence-corrected chi connectivity index (χ1v) is 7.11. The minimum atomic E-state index is -4.40. The molecule has 2 aromatic heterocycles. The number of hydrogen-bond donors (Lipinski definition) is 1. The van der Waals surface area contributed by atoms with Crippen LogP contribution in [0.5, 0.6) is 0 Å². The molecule has 3 rings (SSSR count). The van der Waals surface area contributed by atoms with Crippen LogP contribution in [0.25, 0.3) is 11.2 Å². The smallest absolute Gasteiger partial charge is 0.305 e. The monoisotopic (exact) mass is 327 g/mol. The third-order valence-corrected chi connectivity index (χ3v) is 4.12. The summed E-state index contributed by atoms with van der Waals surface area (Å²) >= 11 is 0. The minimum absolute atomic E-state index is 0.0677. The van der Waals surface area contributed by atoms with Gasteiger partial charge < -0.3 is 4.90 Å². The highest BCUT2D eigenvalue weighted by Gasteiger charge is 2.51. The standard InChI is InChI=1S/C14H16F3N5O/c1-21-6-8(9(7-21)14(15,16)17)12(23)20-13-19-10-4-3-5-18-11(10)22(13)2/h3-5,8-9H,6-7H2,1-2H3,(H,19,20,23)/t8-,9-/m1/s1. The predicted molar refractivity (Wildman–Crippen MR) is 77.7 cm³/mol. The summed E-state index contributed by atoms with van der Waals surface area (Å²) < 4.78 is 40.8. The van der Waals surface area contributed by atoms with Crippen LogP contribution in [0.15, 0.2) is 18.3 Å². The average Bonchev–Trinajstić information content (AvgIpc) is 3.01. The maximum atomic E-state index is 13.1. The first-order valence-electron chi connectivity index (χ1n) is 7.11. The molecule has 1 aliphatic heterocycles. The zero-order valence-corrected chi connectivity index (χ0v) is 12.6. The molecular formula is C14H16F3N5O. The molecule has 1 aliphatic rings. The molecule has 0 radical (unpaired) electrons. The lowest BCUT2D eigenvalue weighted by Gasteiger charge is -2.20. The van der Waals surface area contributed by atoms with E-state index in [0.717, 1.165) is 0 Å². The molecule has 1 N–H and O–H groups in total. The highest BCUT2D eigenvalue weighted by molar-refractivity contribution is 5.93. The molecule has 0 aliphatic carbocycles. The molecule has 3 heterocycles. The second kappa shape index (κ2) is 5.48. The number of carbonyl (C=O) groups is 1. The van der Waals surface area contributed by atoms with E-state index in [0.29, 0.717) is 11.2 Å². The van der Waals surface area contributed by atoms with Gasteiger partial charge in [0, 0.05) is 26.3 Å². The largest absolute Gasteiger partial charge is 0.393 e. The Morgan fingerprint density at radius 1 is 1.35 bits per heavy atom. The number of fused-ring (bicyclic) bond motifs is 1. The SMILES string of the molecule is CN1C[C@@H](C(F)(F)F)[C@H](C(=O)Nc2nc3cccnc3n2C)C1. The number of likely N-dealkylation sites (tertiary alicyclic amines) is 1. The van der Waals surface area contributed by atoms with Gasteiger partial charge in [-0.15, -0.1) is 0 Å². The zero-order chi connectivity index (χ0) is 16.8. The number of halogens is 3. The third-order valence-electron chi connectivity index (χ3n) is 4.12. The number of rotatable bonds is 2. The number of hydrogen-bond acceptors (Lipinski definition) is 4. The number of aromatic nitrogens is 3. The summed E-state index contributed by atoms with van der Waals surface area (Å²) in [7, 11) is 3.23. The van der Waals surface area contributed by atoms with Crippen molar-refractivity contribution in [1.29, 1.82) is 0 Å². The maximum absolute atomic E-state index is 13.1. The van der Waals surface area contributed by atoms with Crippen molar-refractivity contribution in [3.63, 3.8) is 0 Å². The Bertz CT molecular complexity index is 742. The normalized spacial score (nSPS) is 22.7. The van der Waals surface area contributed by atoms with Gasteiger partial charge in [-0.2, -0.15) is 13.2 Å². The van der Waals surface area contributed by atoms with Gasteiger partial charge in [0.1, 0.15) is 5.52 Å². The Morgan fingerprint density at radius 2 is 2.09 bits per heavy atom. The van der Waals surface area contributed by atoms with Crippen molar-refractivity contribution in [3.05, 3.63) is 18.3 Å². The number of pyridine rings is 1. The van der Waals surface area contributed by atoms with Crippen LogP contribution in [0.2, 0.25) is 0 Å². The van der Waals surface area contributed by atoms with E-state index in [2.05, 4.69) is 15.3 Å². The lowest BCUT2D eigenvalue weighted by atomic mass is 9.95. The van der Waals surface area contributed by atoms with E-state index in [1.807, 2.05) is 0 Å². The van der Waals surface area contributed by atoms with Gasteiger partial charge in [0.2, 0.25) is 11.9 Å². The fraction of sp³-hybridized carbons (Fsp3) is 0.500. The van der Waals surface area contributed by atoms with Crippen molar-refractivity contribution < 1.29 is 18.0 Å². The van der Waals surface area contributed by atoms with Gasteiger partial charge in [-0.25, -0.2) is 9.97 Å². The quantitative estimate of drug-likeness (QED) is 0.911. The van der Waals surface area contributed by atoms with Crippen molar-refractivity contribution in [2.24, 2.45) is 18.9 Å². The number of aryl methyl sites for hydroxylation is 1. The molecule has 2 aromatic rings. The maximum Gasteiger partial charge on any atom is 0.393 e. The summed E-state index contributed by atoms with van der Waals surface area (Å²) in [6, 6.07) is 3.42. The second-order valence-corrected chi connectivity index (χ2v) is 5.81. The predicted octanol–water partition coefficient (Wildman–Crippen LogP) is 1.65. The molecule has 124 valence electrons. The molecule has 1 saturated heterocycles. The van der Waals surface area contributed by atoms with E-state index in [9.17, 15) is 18.0 Å². The van der Waals surface area contributed by atoms with E-state index >= 15 is 0 Å². The van der Waals surface area contributed by atoms with Crippen LogP contribution in [-0.2, 0) is 11.8 Å². The highest BCUT2D eigenvalue weighted by Crippen LogP contribution is 2.37. The van der Waals surface area contributed by atoms with Crippen molar-refractivity contribution in [2.45, 2.75) is 6.18 Å². The molecule has 0 saturated carbocycles. The fourth-order valence-electron chi connectivity index (χ4n) is 2.94. The number of nitrogens with one attached hydrogen (secondary N) is 1. The van der Waals surface area contributed by atoms with E-state index in [1.165, 1.54) is 4.90 Å². The fourth-order valence-corrected chi connectivity index (χ4v) is 2.94. The second-order valence-electron chi connectivity index (χ2n) is 5.81. The van der Waals surface area contributed by atoms with Crippen LogP contribution >= 0.6 is 0 Å². The minimum Gasteiger partial charge on any atom is -0.305 e. The number of amides is 1. The lowest BCUT2D eigenvalue weighted by Crippen LogP contribution is -2.37. The summed E-state index contributed by atoms with van der Waals surface area (Å²) in [6.45, 7) is -0.107. The third kappa shape index (κ3) is 2.88. The molecule has 23 heavy (non-hydrogen) atoms. The van der Waals surface area contributed by atoms with Crippen LogP contribution in [0.3, 0.4) is 0 Å². The highest BCUT2D eigenvalue weighted by atomic mass is 19.4. The molecule has 0 aromatic carbocycles. The van der Waals surface area contributed by atoms with E-state index in [-0.39, 0.29) is 19.0 Å². The first-order chi connectivity index (χ1) is 10.8. The topological polar surface area (TPSA) is 63.1 Å². The summed E-state index contributed by atoms with van der Waals surface area (Å²) in [5.41, 5.74) is 1.12. The van der Waals surface area contributed by atoms with Gasteiger partial charge in [-0.1, -0.05) is 0 Å². The van der Waals surface area contributed by atoms with E-state index < -0.39 is 23.9 Å². The average molecular weight is 327 g/mol. The van der Waals surface area contributed by atoms with E-state index in [4.69, 9.17) is 0 Å². The van der Waals surface area contributed by atoms with Crippen molar-refractivity contribution >= 4 is 23.0 Å². The molecule has 6 nitrogen and oxygen atoms in total. The summed E-state index contributed by atoms with van der Waals surface area (Å²) in [5, 5.41) is 2.51. The first kappa shape index (κ1) is 15.7. The van der Waals surface area contributed by atoms with Crippen LogP contribution < -0.4 is 5.32 Å². The Hall–Kier alpha value is -2.16. The summed E-state index contributed by atoms with van der Waals surface area (Å²) in [5.74, 6) is -3.29. The van der Waals surface area contributed by atoms with Crippen molar-refractivity contribution in [2.75, 3.05) is 25.5 Å². The Kier molecular flexibility index (Phi) is 3.75. The molecular weight excluding hydrogens is 311 g/mol. The Balaban J connectivity index is 1.84. The number of carbonyl (C=O) groups excluding carboxylic acids is 1. The van der Waals surface area contributed by atoms with Crippen LogP contribution in [0, 0.1) is 11.8 Å². The van der Waals surface area contributed by atoms with Crippen LogP contribution in [-0.4, -0.2) is 51.7 Å². The van der Waals surface area contributed by atoms with Crippen LogP contribution in [0.1, 0.15) is 0 Å². The molecule has 0 bridgehead atoms. The zero-order valence-electron chi connectivity index (χ0n) is 12.6. The molecule has 0 spiro atoms. The van der Waals surface area contributed by atoms with Crippen molar-refractivity contribution in [1.82, 2.24) is 19.4 Å². The molecule has 9 heteroatoms. The van der Waals surface area contributed by atoms with Gasteiger partial charge in [-0.3, -0.25) is 14.7 Å². The number of alkyl halides is 3. The van der Waals surface area contributed by atoms with Gasteiger partial charge >= 0.3 is 6.18 Å². The van der Waals surface area contributed by atoms with Crippen molar-refractivity contribution in [3.8, 4) is 0 Å². The van der Waals surface area contributed by atoms with Gasteiger partial charge in [0.25, 0.3) is 0 Å². The Labute approximate surface area is 130 Å². The van der Waals surface area contributed by atoms with Gasteiger partial charge in [0.15, 0.2) is 5.65 Å². The summed E-state index contributed by atoms with van der Waals surface area (Å²) in [6.07, 6.45) is -2.82. The van der Waals surface area contributed by atoms with Gasteiger partial charge in [-0.05, 0) is 19.2 Å². The lowest BCUT2D eigenvalue weighted by molar-refractivity contribution is -0.182. The molecule has 1 fully saturated rings. The molecule has 0 unspecified atom stereocenters. The number of anilines is 1. The number of imidazole rings is 1. The summed E-state index contributed by atoms with van der Waals surface area (Å²) in [4.78, 5) is 22.2. The number of nitrogens with zero attached hydrogens (tertiary/aromatic N) is 4. The van der Waals surface area contributed by atoms with Crippen LogP contribution in [0.4, 0.5) is 19.1 Å². The Morgan fingerprint density at radius 3 is 2.74 bits per heavy atom. The molecule has 2 atom stereocenters. The van der Waals surface area contributed by atoms with Gasteiger partial charge in [0.05, 0.1) is 11.8 Å².